The van der Waals surface area contributed by atoms with Gasteiger partial charge in [-0.2, -0.15) is 0 Å². The largest absolute Gasteiger partial charge is 0.456 e. The third kappa shape index (κ3) is 6.69. The second-order valence-electron chi connectivity index (χ2n) is 6.44. The number of rotatable bonds is 6. The van der Waals surface area contributed by atoms with Crippen LogP contribution < -0.4 is 10.1 Å². The predicted octanol–water partition coefficient (Wildman–Crippen LogP) is 4.18. The van der Waals surface area contributed by atoms with Crippen LogP contribution in [-0.4, -0.2) is 42.5 Å². The summed E-state index contributed by atoms with van der Waals surface area (Å²) < 4.78 is 5.72. The van der Waals surface area contributed by atoms with Gasteiger partial charge in [-0.1, -0.05) is 0 Å². The second-order valence-corrected chi connectivity index (χ2v) is 6.44. The van der Waals surface area contributed by atoms with Crippen molar-refractivity contribution in [1.82, 2.24) is 15.2 Å². The molecule has 0 spiro atoms. The average molecular weight is 412 g/mol. The van der Waals surface area contributed by atoms with Crippen LogP contribution in [0.25, 0.3) is 0 Å². The lowest BCUT2D eigenvalue weighted by Crippen LogP contribution is -2.38. The molecule has 0 saturated carbocycles. The van der Waals surface area contributed by atoms with E-state index in [9.17, 15) is 4.79 Å². The van der Waals surface area contributed by atoms with Crippen LogP contribution >= 0.6 is 24.8 Å². The molecule has 5 nitrogen and oxygen atoms in total. The van der Waals surface area contributed by atoms with Gasteiger partial charge in [0.05, 0.1) is 6.20 Å². The van der Waals surface area contributed by atoms with E-state index in [1.807, 2.05) is 48.3 Å². The number of benzene rings is 1. The Morgan fingerprint density at radius 3 is 2.44 bits per heavy atom. The highest BCUT2D eigenvalue weighted by atomic mass is 35.5. The second kappa shape index (κ2) is 11.8. The van der Waals surface area contributed by atoms with E-state index in [-0.39, 0.29) is 30.7 Å². The van der Waals surface area contributed by atoms with Crippen molar-refractivity contribution in [2.45, 2.75) is 19.3 Å². The molecule has 27 heavy (non-hydrogen) atoms. The number of carbonyl (C=O) groups excluding carboxylic acids is 1. The molecule has 2 aromatic rings. The normalized spacial score (nSPS) is 14.0. The maximum absolute atomic E-state index is 12.7. The summed E-state index contributed by atoms with van der Waals surface area (Å²) in [5.74, 6) is 2.23. The van der Waals surface area contributed by atoms with Crippen molar-refractivity contribution in [1.29, 1.82) is 0 Å². The number of halogens is 2. The minimum absolute atomic E-state index is 0. The van der Waals surface area contributed by atoms with Gasteiger partial charge in [0.25, 0.3) is 5.91 Å². The molecule has 1 fully saturated rings. The van der Waals surface area contributed by atoms with E-state index in [1.54, 1.807) is 12.4 Å². The first kappa shape index (κ1) is 23.2. The van der Waals surface area contributed by atoms with Crippen LogP contribution in [-0.2, 0) is 0 Å². The quantitative estimate of drug-likeness (QED) is 0.774. The third-order valence-electron chi connectivity index (χ3n) is 4.68. The maximum atomic E-state index is 12.7. The fourth-order valence-corrected chi connectivity index (χ4v) is 3.16. The number of nitrogens with zero attached hydrogens (tertiary/aromatic N) is 2. The van der Waals surface area contributed by atoms with Gasteiger partial charge in [-0.3, -0.25) is 9.78 Å². The van der Waals surface area contributed by atoms with Gasteiger partial charge in [0.15, 0.2) is 0 Å². The molecule has 148 valence electrons. The number of aromatic nitrogens is 1. The van der Waals surface area contributed by atoms with Crippen molar-refractivity contribution in [2.24, 2.45) is 5.92 Å². The van der Waals surface area contributed by atoms with E-state index in [0.717, 1.165) is 38.4 Å². The first-order chi connectivity index (χ1) is 12.3. The molecule has 0 atom stereocenters. The van der Waals surface area contributed by atoms with Crippen molar-refractivity contribution in [3.05, 3.63) is 54.4 Å². The molecule has 0 unspecified atom stereocenters. The molecule has 3 rings (SSSR count). The first-order valence-electron chi connectivity index (χ1n) is 8.88. The molecule has 1 aliphatic rings. The average Bonchev–Trinajstić information content (AvgIpc) is 2.68. The van der Waals surface area contributed by atoms with Crippen LogP contribution in [0.5, 0.6) is 11.5 Å². The van der Waals surface area contributed by atoms with Crippen LogP contribution in [0.3, 0.4) is 0 Å². The van der Waals surface area contributed by atoms with Crippen molar-refractivity contribution in [3.63, 3.8) is 0 Å². The Kier molecular flexibility index (Phi) is 10.1. The molecule has 1 amide bonds. The monoisotopic (exact) mass is 411 g/mol. The van der Waals surface area contributed by atoms with E-state index < -0.39 is 0 Å². The lowest BCUT2D eigenvalue weighted by molar-refractivity contribution is 0.0687. The topological polar surface area (TPSA) is 54.5 Å². The molecule has 1 saturated heterocycles. The molecule has 0 radical (unpaired) electrons. The standard InChI is InChI=1S/C20H25N3O2.2ClH/c1-21-12-8-16-9-13-23(14-10-16)20(24)17-4-6-18(7-5-17)25-19-3-2-11-22-15-19;;/h2-7,11,15-16,21H,8-10,12-14H2,1H3;2*1H. The number of piperidine rings is 1. The summed E-state index contributed by atoms with van der Waals surface area (Å²) in [6, 6.07) is 11.0. The van der Waals surface area contributed by atoms with Crippen LogP contribution in [0.15, 0.2) is 48.8 Å². The Balaban J connectivity index is 0.00000182. The molecule has 7 heteroatoms. The van der Waals surface area contributed by atoms with Gasteiger partial charge in [0.2, 0.25) is 0 Å². The van der Waals surface area contributed by atoms with Gasteiger partial charge >= 0.3 is 0 Å². The molecule has 2 heterocycles. The number of ether oxygens (including phenoxy) is 1. The van der Waals surface area contributed by atoms with Crippen molar-refractivity contribution < 1.29 is 9.53 Å². The third-order valence-corrected chi connectivity index (χ3v) is 4.68. The highest BCUT2D eigenvalue weighted by Crippen LogP contribution is 2.24. The van der Waals surface area contributed by atoms with Crippen LogP contribution in [0.2, 0.25) is 0 Å². The summed E-state index contributed by atoms with van der Waals surface area (Å²) in [6.45, 7) is 2.75. The molecule has 1 aromatic heterocycles. The number of pyridine rings is 1. The Morgan fingerprint density at radius 2 is 1.85 bits per heavy atom. The fraction of sp³-hybridized carbons (Fsp3) is 0.400. The Bertz CT molecular complexity index is 675. The van der Waals surface area contributed by atoms with Crippen molar-refractivity contribution in [3.8, 4) is 11.5 Å². The molecule has 1 aliphatic heterocycles. The number of hydrogen-bond donors (Lipinski definition) is 1. The number of amides is 1. The minimum atomic E-state index is 0. The molecule has 0 aliphatic carbocycles. The van der Waals surface area contributed by atoms with Crippen molar-refractivity contribution >= 4 is 30.7 Å². The van der Waals surface area contributed by atoms with Gasteiger partial charge < -0.3 is 15.0 Å². The Labute approximate surface area is 173 Å². The van der Waals surface area contributed by atoms with Crippen LogP contribution in [0.1, 0.15) is 29.6 Å². The van der Waals surface area contributed by atoms with Crippen molar-refractivity contribution in [2.75, 3.05) is 26.7 Å². The zero-order chi connectivity index (χ0) is 17.5. The van der Waals surface area contributed by atoms with Gasteiger partial charge in [0, 0.05) is 24.8 Å². The minimum Gasteiger partial charge on any atom is -0.456 e. The van der Waals surface area contributed by atoms with E-state index in [2.05, 4.69) is 10.3 Å². The van der Waals surface area contributed by atoms with Gasteiger partial charge in [-0.25, -0.2) is 0 Å². The molecule has 0 bridgehead atoms. The highest BCUT2D eigenvalue weighted by Gasteiger charge is 2.23. The van der Waals surface area contributed by atoms with E-state index >= 15 is 0 Å². The summed E-state index contributed by atoms with van der Waals surface area (Å²) in [5.41, 5.74) is 0.715. The molecule has 1 aromatic carbocycles. The zero-order valence-corrected chi connectivity index (χ0v) is 17.1. The molecule has 1 N–H and O–H groups in total. The van der Waals surface area contributed by atoms with E-state index in [0.29, 0.717) is 17.1 Å². The highest BCUT2D eigenvalue weighted by molar-refractivity contribution is 5.94. The van der Waals surface area contributed by atoms with E-state index in [4.69, 9.17) is 4.74 Å². The predicted molar refractivity (Wildman–Crippen MR) is 112 cm³/mol. The number of carbonyl (C=O) groups is 1. The fourth-order valence-electron chi connectivity index (χ4n) is 3.16. The van der Waals surface area contributed by atoms with Gasteiger partial charge in [0.1, 0.15) is 11.5 Å². The Morgan fingerprint density at radius 1 is 1.15 bits per heavy atom. The van der Waals surface area contributed by atoms with E-state index in [1.165, 1.54) is 6.42 Å². The van der Waals surface area contributed by atoms with Crippen LogP contribution in [0, 0.1) is 5.92 Å². The van der Waals surface area contributed by atoms with Crippen LogP contribution in [0.4, 0.5) is 0 Å². The lowest BCUT2D eigenvalue weighted by atomic mass is 9.93. The number of likely N-dealkylation sites (tertiary alicyclic amines) is 1. The summed E-state index contributed by atoms with van der Waals surface area (Å²) in [6.07, 6.45) is 6.75. The zero-order valence-electron chi connectivity index (χ0n) is 15.5. The smallest absolute Gasteiger partial charge is 0.253 e. The Hall–Kier alpha value is -1.82. The van der Waals surface area contributed by atoms with Gasteiger partial charge in [-0.15, -0.1) is 24.8 Å². The molecular formula is C20H27Cl2N3O2. The van der Waals surface area contributed by atoms with Gasteiger partial charge in [-0.05, 0) is 75.2 Å². The number of hydrogen-bond acceptors (Lipinski definition) is 4. The lowest BCUT2D eigenvalue weighted by Gasteiger charge is -2.32. The maximum Gasteiger partial charge on any atom is 0.253 e. The SMILES string of the molecule is CNCCC1CCN(C(=O)c2ccc(Oc3cccnc3)cc2)CC1.Cl.Cl. The molecular weight excluding hydrogens is 385 g/mol. The first-order valence-corrected chi connectivity index (χ1v) is 8.88. The summed E-state index contributed by atoms with van der Waals surface area (Å²) in [4.78, 5) is 18.6. The number of nitrogens with one attached hydrogen (secondary N) is 1. The summed E-state index contributed by atoms with van der Waals surface area (Å²) in [7, 11) is 1.99. The summed E-state index contributed by atoms with van der Waals surface area (Å²) in [5, 5.41) is 3.20. The summed E-state index contributed by atoms with van der Waals surface area (Å²) >= 11 is 0.